The van der Waals surface area contributed by atoms with Crippen molar-refractivity contribution in [3.63, 3.8) is 0 Å². The van der Waals surface area contributed by atoms with Crippen LogP contribution in [-0.2, 0) is 9.47 Å². The highest BCUT2D eigenvalue weighted by Crippen LogP contribution is 2.31. The molecule has 0 aliphatic carbocycles. The van der Waals surface area contributed by atoms with Crippen LogP contribution in [0.5, 0.6) is 0 Å². The average molecular weight is 425 g/mol. The first-order valence-electron chi connectivity index (χ1n) is 7.70. The number of alkyl halides is 3. The number of halogens is 3. The van der Waals surface area contributed by atoms with E-state index in [-0.39, 0.29) is 0 Å². The van der Waals surface area contributed by atoms with Crippen molar-refractivity contribution in [2.75, 3.05) is 33.4 Å². The summed E-state index contributed by atoms with van der Waals surface area (Å²) in [5.74, 6) is 0.355. The maximum Gasteiger partial charge on any atom is 0.230 e. The highest BCUT2D eigenvalue weighted by Gasteiger charge is 2.35. The molecule has 1 N–H and O–H groups in total. The fourth-order valence-corrected chi connectivity index (χ4v) is 2.82. The fourth-order valence-electron chi connectivity index (χ4n) is 2.22. The van der Waals surface area contributed by atoms with Gasteiger partial charge in [0.1, 0.15) is 0 Å². The molecule has 0 saturated carbocycles. The predicted octanol–water partition coefficient (Wildman–Crippen LogP) is 3.29. The van der Waals surface area contributed by atoms with Crippen LogP contribution in [0.15, 0.2) is 29.3 Å². The second-order valence-electron chi connectivity index (χ2n) is 5.50. The van der Waals surface area contributed by atoms with Crippen molar-refractivity contribution in [3.05, 3.63) is 35.4 Å². The molecule has 0 bridgehead atoms. The van der Waals surface area contributed by atoms with Gasteiger partial charge in [-0.1, -0.05) is 52.5 Å². The van der Waals surface area contributed by atoms with E-state index in [9.17, 15) is 0 Å². The van der Waals surface area contributed by atoms with E-state index >= 15 is 0 Å². The topological polar surface area (TPSA) is 46.1 Å². The van der Waals surface area contributed by atoms with E-state index < -0.39 is 9.96 Å². The Hall–Kier alpha value is -0.790. The number of nitrogens with zero attached hydrogens (tertiary/aromatic N) is 2. The number of aryl methyl sites for hydroxylation is 1. The summed E-state index contributed by atoms with van der Waals surface area (Å²) in [7, 11) is 1.52. The zero-order valence-electron chi connectivity index (χ0n) is 14.0. The van der Waals surface area contributed by atoms with Crippen LogP contribution in [0.2, 0.25) is 0 Å². The first-order chi connectivity index (χ1) is 11.8. The lowest BCUT2D eigenvalue weighted by atomic mass is 10.1. The van der Waals surface area contributed by atoms with Gasteiger partial charge < -0.3 is 19.7 Å². The zero-order chi connectivity index (χ0) is 18.4. The summed E-state index contributed by atoms with van der Waals surface area (Å²) >= 11 is 23.7. The minimum Gasteiger partial charge on any atom is -0.481 e. The Labute approximate surface area is 168 Å². The summed E-state index contributed by atoms with van der Waals surface area (Å²) in [6.07, 6.45) is -0.899. The SMILES string of the molecule is CO/C(=N\C(NC(=S)N1CCOCC1)C(Cl)(Cl)Cl)c1ccc(C)cc1. The Balaban J connectivity index is 2.20. The van der Waals surface area contributed by atoms with E-state index in [2.05, 4.69) is 10.3 Å². The molecule has 1 aliphatic rings. The van der Waals surface area contributed by atoms with Gasteiger partial charge in [0.25, 0.3) is 0 Å². The highest BCUT2D eigenvalue weighted by molar-refractivity contribution is 7.80. The van der Waals surface area contributed by atoms with E-state index in [1.165, 1.54) is 7.11 Å². The summed E-state index contributed by atoms with van der Waals surface area (Å²) in [6.45, 7) is 4.57. The van der Waals surface area contributed by atoms with Crippen molar-refractivity contribution in [1.29, 1.82) is 0 Å². The van der Waals surface area contributed by atoms with Gasteiger partial charge in [-0.3, -0.25) is 0 Å². The van der Waals surface area contributed by atoms with Gasteiger partial charge >= 0.3 is 0 Å². The molecule has 1 heterocycles. The molecule has 138 valence electrons. The Morgan fingerprint density at radius 2 is 1.88 bits per heavy atom. The molecule has 1 aliphatic heterocycles. The van der Waals surface area contributed by atoms with Crippen molar-refractivity contribution in [2.24, 2.45) is 4.99 Å². The standard InChI is InChI=1S/C16H20Cl3N3O2S/c1-11-3-5-12(6-4-11)13(23-2)20-14(16(17,18)19)21-15(25)22-7-9-24-10-8-22/h3-6,14H,7-10H2,1-2H3,(H,21,25)/b20-13-. The van der Waals surface area contributed by atoms with E-state index in [4.69, 9.17) is 56.5 Å². The van der Waals surface area contributed by atoms with Crippen LogP contribution in [-0.4, -0.2) is 59.3 Å². The number of ether oxygens (including phenoxy) is 2. The Morgan fingerprint density at radius 3 is 2.40 bits per heavy atom. The second-order valence-corrected chi connectivity index (χ2v) is 8.25. The number of aliphatic imine (C=N–C) groups is 1. The molecule has 5 nitrogen and oxygen atoms in total. The van der Waals surface area contributed by atoms with Gasteiger partial charge in [-0.15, -0.1) is 0 Å². The first kappa shape index (κ1) is 20.5. The third-order valence-corrected chi connectivity index (χ3v) is 4.60. The lowest BCUT2D eigenvalue weighted by molar-refractivity contribution is 0.0674. The van der Waals surface area contributed by atoms with E-state index in [0.717, 1.165) is 11.1 Å². The normalized spacial score (nSPS) is 17.2. The number of benzene rings is 1. The van der Waals surface area contributed by atoms with Gasteiger partial charge in [0.05, 0.1) is 20.3 Å². The van der Waals surface area contributed by atoms with Gasteiger partial charge in [0, 0.05) is 18.7 Å². The number of rotatable bonds is 3. The third kappa shape index (κ3) is 6.15. The molecule has 0 aromatic heterocycles. The Kier molecular flexibility index (Phi) is 7.58. The molecule has 1 unspecified atom stereocenters. The zero-order valence-corrected chi connectivity index (χ0v) is 17.1. The van der Waals surface area contributed by atoms with Crippen LogP contribution in [0.1, 0.15) is 11.1 Å². The molecule has 0 amide bonds. The quantitative estimate of drug-likeness (QED) is 0.349. The van der Waals surface area contributed by atoms with Crippen LogP contribution < -0.4 is 5.32 Å². The van der Waals surface area contributed by atoms with Gasteiger partial charge in [0.2, 0.25) is 9.69 Å². The molecule has 2 rings (SSSR count). The van der Waals surface area contributed by atoms with E-state index in [1.807, 2.05) is 36.1 Å². The van der Waals surface area contributed by atoms with Crippen molar-refractivity contribution in [2.45, 2.75) is 16.9 Å². The summed E-state index contributed by atoms with van der Waals surface area (Å²) in [4.78, 5) is 6.40. The molecular weight excluding hydrogens is 405 g/mol. The lowest BCUT2D eigenvalue weighted by Crippen LogP contribution is -2.52. The predicted molar refractivity (Wildman–Crippen MR) is 107 cm³/mol. The van der Waals surface area contributed by atoms with E-state index in [0.29, 0.717) is 37.3 Å². The molecule has 0 radical (unpaired) electrons. The summed E-state index contributed by atoms with van der Waals surface area (Å²) in [5, 5.41) is 3.47. The maximum atomic E-state index is 6.10. The number of hydrogen-bond donors (Lipinski definition) is 1. The van der Waals surface area contributed by atoms with Crippen molar-refractivity contribution >= 4 is 58.0 Å². The van der Waals surface area contributed by atoms with E-state index in [1.54, 1.807) is 0 Å². The molecule has 0 spiro atoms. The summed E-state index contributed by atoms with van der Waals surface area (Å²) < 4.78 is 9.00. The molecule has 1 aromatic carbocycles. The molecule has 1 atom stereocenters. The average Bonchev–Trinajstić information content (AvgIpc) is 2.59. The number of nitrogens with one attached hydrogen (secondary N) is 1. The summed E-state index contributed by atoms with van der Waals surface area (Å²) in [6, 6.07) is 7.71. The van der Waals surface area contributed by atoms with Crippen LogP contribution in [0.4, 0.5) is 0 Å². The second kappa shape index (κ2) is 9.24. The summed E-state index contributed by atoms with van der Waals surface area (Å²) in [5.41, 5.74) is 1.91. The third-order valence-electron chi connectivity index (χ3n) is 3.61. The van der Waals surface area contributed by atoms with Gasteiger partial charge in [0.15, 0.2) is 11.3 Å². The molecule has 1 fully saturated rings. The number of thiocarbonyl (C=S) groups is 1. The minimum atomic E-state index is -1.70. The molecular formula is C16H20Cl3N3O2S. The molecule has 1 aromatic rings. The van der Waals surface area contributed by atoms with Crippen LogP contribution in [0, 0.1) is 6.92 Å². The van der Waals surface area contributed by atoms with Crippen molar-refractivity contribution in [3.8, 4) is 0 Å². The van der Waals surface area contributed by atoms with Gasteiger partial charge in [-0.05, 0) is 31.3 Å². The monoisotopic (exact) mass is 423 g/mol. The first-order valence-corrected chi connectivity index (χ1v) is 9.24. The van der Waals surface area contributed by atoms with Crippen molar-refractivity contribution < 1.29 is 9.47 Å². The van der Waals surface area contributed by atoms with Crippen LogP contribution in [0.25, 0.3) is 0 Å². The molecule has 25 heavy (non-hydrogen) atoms. The van der Waals surface area contributed by atoms with Crippen LogP contribution >= 0.6 is 47.0 Å². The Morgan fingerprint density at radius 1 is 1.28 bits per heavy atom. The maximum absolute atomic E-state index is 6.10. The number of morpholine rings is 1. The largest absolute Gasteiger partial charge is 0.481 e. The lowest BCUT2D eigenvalue weighted by Gasteiger charge is -2.32. The fraction of sp³-hybridized carbons (Fsp3) is 0.500. The molecule has 9 heteroatoms. The van der Waals surface area contributed by atoms with Crippen LogP contribution in [0.3, 0.4) is 0 Å². The van der Waals surface area contributed by atoms with Gasteiger partial charge in [-0.25, -0.2) is 4.99 Å². The van der Waals surface area contributed by atoms with Crippen molar-refractivity contribution in [1.82, 2.24) is 10.2 Å². The smallest absolute Gasteiger partial charge is 0.230 e. The number of hydrogen-bond acceptors (Lipinski definition) is 4. The highest BCUT2D eigenvalue weighted by atomic mass is 35.6. The van der Waals surface area contributed by atoms with Gasteiger partial charge in [-0.2, -0.15) is 0 Å². The molecule has 1 saturated heterocycles. The Bertz CT molecular complexity index is 614. The minimum absolute atomic E-state index is 0.355. The number of methoxy groups -OCH3 is 1.